The molecule has 2 fully saturated rings. The molecule has 8 heteroatoms. The molecule has 0 aliphatic carbocycles. The van der Waals surface area contributed by atoms with Crippen LogP contribution in [0.25, 0.3) is 0 Å². The normalized spacial score (nSPS) is 24.2. The molecular weight excluding hydrogens is 381 g/mol. The minimum Gasteiger partial charge on any atom is -0.370 e. The maximum Gasteiger partial charge on any atom is 0.401 e. The van der Waals surface area contributed by atoms with Crippen molar-refractivity contribution >= 4 is 5.96 Å². The van der Waals surface area contributed by atoms with Crippen LogP contribution in [0.3, 0.4) is 0 Å². The van der Waals surface area contributed by atoms with Crippen LogP contribution in [-0.4, -0.2) is 74.4 Å². The largest absolute Gasteiger partial charge is 0.401 e. The summed E-state index contributed by atoms with van der Waals surface area (Å²) in [4.78, 5) is 8.45. The lowest BCUT2D eigenvalue weighted by Crippen LogP contribution is -2.48. The molecule has 1 aromatic rings. The maximum atomic E-state index is 12.6. The van der Waals surface area contributed by atoms with Gasteiger partial charge in [-0.3, -0.25) is 9.89 Å². The second kappa shape index (κ2) is 9.80. The van der Waals surface area contributed by atoms with E-state index < -0.39 is 12.7 Å². The fraction of sp³-hybridized carbons (Fsp3) is 0.667. The summed E-state index contributed by atoms with van der Waals surface area (Å²) in [6.07, 6.45) is -3.39. The minimum atomic E-state index is -4.13. The molecule has 2 aliphatic heterocycles. The van der Waals surface area contributed by atoms with Crippen molar-refractivity contribution in [1.29, 1.82) is 0 Å². The van der Waals surface area contributed by atoms with Crippen LogP contribution in [0.2, 0.25) is 0 Å². The zero-order valence-electron chi connectivity index (χ0n) is 17.2. The molecule has 3 rings (SSSR count). The van der Waals surface area contributed by atoms with E-state index >= 15 is 0 Å². The van der Waals surface area contributed by atoms with Crippen molar-refractivity contribution in [2.45, 2.75) is 32.5 Å². The highest BCUT2D eigenvalue weighted by Crippen LogP contribution is 2.26. The Hall–Kier alpha value is -1.80. The van der Waals surface area contributed by atoms with E-state index in [1.54, 1.807) is 0 Å². The molecule has 162 valence electrons. The van der Waals surface area contributed by atoms with Crippen molar-refractivity contribution < 1.29 is 17.9 Å². The molecule has 0 radical (unpaired) electrons. The van der Waals surface area contributed by atoms with Crippen LogP contribution < -0.4 is 5.32 Å². The van der Waals surface area contributed by atoms with Crippen molar-refractivity contribution in [2.24, 2.45) is 10.9 Å². The molecule has 1 N–H and O–H groups in total. The summed E-state index contributed by atoms with van der Waals surface area (Å²) in [6, 6.07) is 8.23. The molecule has 2 aliphatic rings. The molecule has 2 saturated heterocycles. The van der Waals surface area contributed by atoms with Gasteiger partial charge in [-0.2, -0.15) is 13.2 Å². The summed E-state index contributed by atoms with van der Waals surface area (Å²) >= 11 is 0. The van der Waals surface area contributed by atoms with E-state index in [0.717, 1.165) is 25.5 Å². The number of rotatable bonds is 5. The van der Waals surface area contributed by atoms with Gasteiger partial charge in [0.05, 0.1) is 19.7 Å². The Morgan fingerprint density at radius 1 is 1.24 bits per heavy atom. The Kier molecular flexibility index (Phi) is 7.40. The Balaban J connectivity index is 1.61. The number of hydrogen-bond acceptors (Lipinski definition) is 3. The van der Waals surface area contributed by atoms with E-state index in [9.17, 15) is 13.2 Å². The van der Waals surface area contributed by atoms with E-state index in [1.807, 2.05) is 19.1 Å². The lowest BCUT2D eigenvalue weighted by molar-refractivity contribution is -0.143. The number of likely N-dealkylation sites (tertiary alicyclic amines) is 1. The van der Waals surface area contributed by atoms with Gasteiger partial charge in [0.15, 0.2) is 5.96 Å². The number of hydrogen-bond donors (Lipinski definition) is 1. The number of halogens is 3. The average molecular weight is 413 g/mol. The fourth-order valence-corrected chi connectivity index (χ4v) is 4.08. The van der Waals surface area contributed by atoms with E-state index in [0.29, 0.717) is 32.8 Å². The van der Waals surface area contributed by atoms with Crippen LogP contribution in [0.15, 0.2) is 29.3 Å². The van der Waals surface area contributed by atoms with Crippen LogP contribution in [0.4, 0.5) is 13.2 Å². The van der Waals surface area contributed by atoms with Crippen molar-refractivity contribution in [1.82, 2.24) is 15.1 Å². The second-order valence-electron chi connectivity index (χ2n) is 7.86. The van der Waals surface area contributed by atoms with Crippen LogP contribution in [0.5, 0.6) is 0 Å². The number of nitrogens with zero attached hydrogens (tertiary/aromatic N) is 3. The number of alkyl halides is 3. The average Bonchev–Trinajstić information content (AvgIpc) is 3.11. The van der Waals surface area contributed by atoms with Gasteiger partial charge in [0.1, 0.15) is 6.10 Å². The van der Waals surface area contributed by atoms with Crippen molar-refractivity contribution in [3.05, 3.63) is 35.4 Å². The lowest BCUT2D eigenvalue weighted by Gasteiger charge is -2.36. The number of nitrogens with one attached hydrogen (secondary N) is 1. The summed E-state index contributed by atoms with van der Waals surface area (Å²) in [5.74, 6) is 0.989. The predicted octanol–water partition coefficient (Wildman–Crippen LogP) is 3.22. The molecular formula is C21H31F3N4O. The molecule has 2 heterocycles. The highest BCUT2D eigenvalue weighted by atomic mass is 19.4. The van der Waals surface area contributed by atoms with Gasteiger partial charge >= 0.3 is 6.18 Å². The third-order valence-corrected chi connectivity index (χ3v) is 5.51. The molecule has 5 nitrogen and oxygen atoms in total. The van der Waals surface area contributed by atoms with E-state index in [-0.39, 0.29) is 12.0 Å². The number of benzene rings is 1. The first-order valence-electron chi connectivity index (χ1n) is 10.3. The fourth-order valence-electron chi connectivity index (χ4n) is 4.08. The maximum absolute atomic E-state index is 12.6. The number of aliphatic imine (C=N–C) groups is 1. The van der Waals surface area contributed by atoms with Gasteiger partial charge in [-0.1, -0.05) is 24.3 Å². The Morgan fingerprint density at radius 3 is 2.76 bits per heavy atom. The van der Waals surface area contributed by atoms with Crippen LogP contribution in [-0.2, 0) is 4.74 Å². The zero-order chi connectivity index (χ0) is 20.9. The number of guanidine groups is 1. The molecule has 2 unspecified atom stereocenters. The standard InChI is InChI=1S/C21H31F3N4O/c1-3-25-20(26-12-17-8-9-27(13-17)15-21(22,23)24)28-10-11-29-19(14-28)18-7-5-4-6-16(18)2/h4-7,17,19H,3,8-15H2,1-2H3,(H,25,26). The molecule has 1 aromatic carbocycles. The zero-order valence-corrected chi connectivity index (χ0v) is 17.2. The molecule has 29 heavy (non-hydrogen) atoms. The lowest BCUT2D eigenvalue weighted by atomic mass is 10.0. The molecule has 0 amide bonds. The van der Waals surface area contributed by atoms with Gasteiger partial charge in [0.25, 0.3) is 0 Å². The highest BCUT2D eigenvalue weighted by Gasteiger charge is 2.34. The van der Waals surface area contributed by atoms with Crippen LogP contribution in [0.1, 0.15) is 30.6 Å². The molecule has 0 saturated carbocycles. The van der Waals surface area contributed by atoms with Gasteiger partial charge in [-0.05, 0) is 43.9 Å². The number of aryl methyl sites for hydroxylation is 1. The molecule has 2 atom stereocenters. The highest BCUT2D eigenvalue weighted by molar-refractivity contribution is 5.80. The van der Waals surface area contributed by atoms with Gasteiger partial charge < -0.3 is 15.0 Å². The van der Waals surface area contributed by atoms with Crippen molar-refractivity contribution in [3.8, 4) is 0 Å². The topological polar surface area (TPSA) is 40.1 Å². The van der Waals surface area contributed by atoms with Crippen molar-refractivity contribution in [3.63, 3.8) is 0 Å². The van der Waals surface area contributed by atoms with E-state index in [1.165, 1.54) is 16.0 Å². The van der Waals surface area contributed by atoms with Gasteiger partial charge in [-0.25, -0.2) is 0 Å². The Morgan fingerprint density at radius 2 is 2.03 bits per heavy atom. The smallest absolute Gasteiger partial charge is 0.370 e. The quantitative estimate of drug-likeness (QED) is 0.596. The third kappa shape index (κ3) is 6.34. The molecule has 0 bridgehead atoms. The first-order chi connectivity index (χ1) is 13.9. The van der Waals surface area contributed by atoms with Gasteiger partial charge in [0, 0.05) is 26.2 Å². The van der Waals surface area contributed by atoms with E-state index in [2.05, 4.69) is 29.3 Å². The monoisotopic (exact) mass is 412 g/mol. The number of ether oxygens (including phenoxy) is 1. The predicted molar refractivity (Wildman–Crippen MR) is 108 cm³/mol. The van der Waals surface area contributed by atoms with E-state index in [4.69, 9.17) is 9.73 Å². The minimum absolute atomic E-state index is 0.0115. The Bertz CT molecular complexity index is 695. The summed E-state index contributed by atoms with van der Waals surface area (Å²) < 4.78 is 43.8. The number of morpholine rings is 1. The Labute approximate surface area is 170 Å². The summed E-state index contributed by atoms with van der Waals surface area (Å²) in [5, 5.41) is 3.34. The second-order valence-corrected chi connectivity index (χ2v) is 7.86. The summed E-state index contributed by atoms with van der Waals surface area (Å²) in [6.45, 7) is 7.60. The SMILES string of the molecule is CCNC(=NCC1CCN(CC(F)(F)F)C1)N1CCOC(c2ccccc2C)C1. The van der Waals surface area contributed by atoms with Crippen molar-refractivity contribution in [2.75, 3.05) is 52.4 Å². The molecule has 0 aromatic heterocycles. The summed E-state index contributed by atoms with van der Waals surface area (Å²) in [5.41, 5.74) is 2.39. The van der Waals surface area contributed by atoms with Gasteiger partial charge in [-0.15, -0.1) is 0 Å². The van der Waals surface area contributed by atoms with Gasteiger partial charge in [0.2, 0.25) is 0 Å². The molecule has 0 spiro atoms. The first-order valence-corrected chi connectivity index (χ1v) is 10.3. The van der Waals surface area contributed by atoms with Crippen LogP contribution in [0, 0.1) is 12.8 Å². The third-order valence-electron chi connectivity index (χ3n) is 5.51. The summed E-state index contributed by atoms with van der Waals surface area (Å²) in [7, 11) is 0. The first kappa shape index (κ1) is 21.9. The van der Waals surface area contributed by atoms with Crippen LogP contribution >= 0.6 is 0 Å².